The van der Waals surface area contributed by atoms with Gasteiger partial charge in [-0.1, -0.05) is 12.8 Å². The fraction of sp³-hybridized carbons (Fsp3) is 0.444. The van der Waals surface area contributed by atoms with E-state index in [1.54, 1.807) is 31.0 Å². The second kappa shape index (κ2) is 6.61. The number of likely N-dealkylation sites (N-methyl/N-ethyl adjacent to an activating group) is 1. The van der Waals surface area contributed by atoms with E-state index in [0.717, 1.165) is 31.2 Å². The molecule has 1 aliphatic rings. The summed E-state index contributed by atoms with van der Waals surface area (Å²) >= 11 is 1.31. The van der Waals surface area contributed by atoms with Crippen molar-refractivity contribution in [2.24, 2.45) is 0 Å². The Hall–Kier alpha value is -1.79. The third-order valence-corrected chi connectivity index (χ3v) is 5.69. The van der Waals surface area contributed by atoms with Crippen molar-refractivity contribution in [3.05, 3.63) is 40.7 Å². The Morgan fingerprint density at radius 3 is 2.58 bits per heavy atom. The first kappa shape index (κ1) is 17.0. The Labute approximate surface area is 145 Å². The Bertz CT molecular complexity index is 736. The van der Waals surface area contributed by atoms with Gasteiger partial charge in [0.15, 0.2) is 0 Å². The molecule has 24 heavy (non-hydrogen) atoms. The van der Waals surface area contributed by atoms with Crippen molar-refractivity contribution in [1.82, 2.24) is 9.88 Å². The predicted octanol–water partition coefficient (Wildman–Crippen LogP) is 3.63. The van der Waals surface area contributed by atoms with E-state index >= 15 is 0 Å². The van der Waals surface area contributed by atoms with Gasteiger partial charge in [0.25, 0.3) is 5.91 Å². The van der Waals surface area contributed by atoms with Crippen LogP contribution >= 0.6 is 11.3 Å². The molecule has 3 rings (SSSR count). The summed E-state index contributed by atoms with van der Waals surface area (Å²) in [5.41, 5.74) is 0.693. The molecule has 1 saturated carbocycles. The van der Waals surface area contributed by atoms with Crippen LogP contribution in [0, 0.1) is 12.7 Å². The van der Waals surface area contributed by atoms with Gasteiger partial charge in [0, 0.05) is 19.2 Å². The van der Waals surface area contributed by atoms with Crippen molar-refractivity contribution < 1.29 is 14.3 Å². The summed E-state index contributed by atoms with van der Waals surface area (Å²) < 4.78 is 13.0. The maximum absolute atomic E-state index is 13.0. The standard InChI is InChI=1S/C18H21FN2O2S/c1-12-15(17(22)21(2)11-18(23)9-3-4-10-18)24-16(20-12)13-5-7-14(19)8-6-13/h5-8,23H,3-4,9-11H2,1-2H3. The van der Waals surface area contributed by atoms with E-state index in [4.69, 9.17) is 0 Å². The van der Waals surface area contributed by atoms with Crippen LogP contribution in [-0.4, -0.2) is 40.1 Å². The van der Waals surface area contributed by atoms with Gasteiger partial charge in [0.2, 0.25) is 0 Å². The van der Waals surface area contributed by atoms with Gasteiger partial charge in [-0.3, -0.25) is 4.79 Å². The first-order chi connectivity index (χ1) is 11.4. The topological polar surface area (TPSA) is 53.4 Å². The van der Waals surface area contributed by atoms with E-state index in [9.17, 15) is 14.3 Å². The minimum absolute atomic E-state index is 0.126. The number of hydrogen-bond acceptors (Lipinski definition) is 4. The summed E-state index contributed by atoms with van der Waals surface area (Å²) in [6, 6.07) is 6.09. The molecule has 128 valence electrons. The normalized spacial score (nSPS) is 16.3. The van der Waals surface area contributed by atoms with Gasteiger partial charge in [-0.2, -0.15) is 0 Å². The molecule has 1 fully saturated rings. The third kappa shape index (κ3) is 3.49. The molecule has 0 saturated heterocycles. The highest BCUT2D eigenvalue weighted by Gasteiger charge is 2.34. The summed E-state index contributed by atoms with van der Waals surface area (Å²) in [4.78, 5) is 19.3. The van der Waals surface area contributed by atoms with Gasteiger partial charge in [0.05, 0.1) is 11.3 Å². The van der Waals surface area contributed by atoms with Crippen LogP contribution in [0.1, 0.15) is 41.0 Å². The number of aliphatic hydroxyl groups is 1. The lowest BCUT2D eigenvalue weighted by molar-refractivity contribution is 0.0158. The van der Waals surface area contributed by atoms with Crippen LogP contribution < -0.4 is 0 Å². The number of halogens is 1. The highest BCUT2D eigenvalue weighted by molar-refractivity contribution is 7.17. The number of benzene rings is 1. The lowest BCUT2D eigenvalue weighted by atomic mass is 10.0. The van der Waals surface area contributed by atoms with E-state index in [2.05, 4.69) is 4.98 Å². The number of hydrogen-bond donors (Lipinski definition) is 1. The molecule has 2 aromatic rings. The molecule has 1 heterocycles. The number of carbonyl (C=O) groups excluding carboxylic acids is 1. The Morgan fingerprint density at radius 2 is 1.96 bits per heavy atom. The van der Waals surface area contributed by atoms with Crippen LogP contribution in [-0.2, 0) is 0 Å². The number of aryl methyl sites for hydroxylation is 1. The number of nitrogens with zero attached hydrogens (tertiary/aromatic N) is 2. The molecule has 4 nitrogen and oxygen atoms in total. The smallest absolute Gasteiger partial charge is 0.265 e. The van der Waals surface area contributed by atoms with Crippen LogP contribution in [0.25, 0.3) is 10.6 Å². The van der Waals surface area contributed by atoms with E-state index in [1.165, 1.54) is 23.5 Å². The number of aromatic nitrogens is 1. The average molecular weight is 348 g/mol. The lowest BCUT2D eigenvalue weighted by Gasteiger charge is -2.28. The summed E-state index contributed by atoms with van der Waals surface area (Å²) in [5, 5.41) is 11.2. The molecule has 0 unspecified atom stereocenters. The van der Waals surface area contributed by atoms with Crippen molar-refractivity contribution in [3.8, 4) is 10.6 Å². The zero-order valence-electron chi connectivity index (χ0n) is 13.9. The first-order valence-corrected chi connectivity index (χ1v) is 8.91. The maximum atomic E-state index is 13.0. The van der Waals surface area contributed by atoms with Gasteiger partial charge < -0.3 is 10.0 Å². The molecule has 1 N–H and O–H groups in total. The zero-order valence-corrected chi connectivity index (χ0v) is 14.7. The van der Waals surface area contributed by atoms with Crippen molar-refractivity contribution in [3.63, 3.8) is 0 Å². The molecule has 0 spiro atoms. The van der Waals surface area contributed by atoms with Gasteiger partial charge in [-0.05, 0) is 44.0 Å². The highest BCUT2D eigenvalue weighted by Crippen LogP contribution is 2.32. The minimum atomic E-state index is -0.761. The van der Waals surface area contributed by atoms with E-state index in [-0.39, 0.29) is 11.7 Å². The van der Waals surface area contributed by atoms with E-state index in [0.29, 0.717) is 22.1 Å². The van der Waals surface area contributed by atoms with Crippen LogP contribution in [0.15, 0.2) is 24.3 Å². The first-order valence-electron chi connectivity index (χ1n) is 8.09. The largest absolute Gasteiger partial charge is 0.388 e. The van der Waals surface area contributed by atoms with Gasteiger partial charge >= 0.3 is 0 Å². The fourth-order valence-electron chi connectivity index (χ4n) is 3.19. The van der Waals surface area contributed by atoms with Crippen LogP contribution in [0.3, 0.4) is 0 Å². The average Bonchev–Trinajstić information content (AvgIpc) is 3.13. The number of thiazole rings is 1. The Morgan fingerprint density at radius 1 is 1.33 bits per heavy atom. The summed E-state index contributed by atoms with van der Waals surface area (Å²) in [5.74, 6) is -0.424. The number of amides is 1. The fourth-order valence-corrected chi connectivity index (χ4v) is 4.25. The van der Waals surface area contributed by atoms with Gasteiger partial charge in [-0.25, -0.2) is 9.37 Å². The summed E-state index contributed by atoms with van der Waals surface area (Å²) in [6.45, 7) is 2.14. The third-order valence-electron chi connectivity index (χ3n) is 4.49. The molecule has 1 aromatic carbocycles. The van der Waals surface area contributed by atoms with Gasteiger partial charge in [0.1, 0.15) is 15.7 Å². The molecule has 0 bridgehead atoms. The van der Waals surface area contributed by atoms with Gasteiger partial charge in [-0.15, -0.1) is 11.3 Å². The second-order valence-corrected chi connectivity index (χ2v) is 7.53. The quantitative estimate of drug-likeness (QED) is 0.918. The molecule has 0 radical (unpaired) electrons. The Balaban J connectivity index is 1.78. The predicted molar refractivity (Wildman–Crippen MR) is 92.6 cm³/mol. The molecule has 1 aliphatic carbocycles. The molecular formula is C18H21FN2O2S. The molecule has 6 heteroatoms. The van der Waals surface area contributed by atoms with Crippen LogP contribution in [0.4, 0.5) is 4.39 Å². The summed E-state index contributed by atoms with van der Waals surface area (Å²) in [6.07, 6.45) is 3.50. The SMILES string of the molecule is Cc1nc(-c2ccc(F)cc2)sc1C(=O)N(C)CC1(O)CCCC1. The highest BCUT2D eigenvalue weighted by atomic mass is 32.1. The van der Waals surface area contributed by atoms with Crippen LogP contribution in [0.2, 0.25) is 0 Å². The monoisotopic (exact) mass is 348 g/mol. The van der Waals surface area contributed by atoms with Crippen LogP contribution in [0.5, 0.6) is 0 Å². The molecular weight excluding hydrogens is 327 g/mol. The lowest BCUT2D eigenvalue weighted by Crippen LogP contribution is -2.42. The van der Waals surface area contributed by atoms with E-state index in [1.807, 2.05) is 0 Å². The molecule has 0 atom stereocenters. The van der Waals surface area contributed by atoms with Crippen molar-refractivity contribution in [2.75, 3.05) is 13.6 Å². The minimum Gasteiger partial charge on any atom is -0.388 e. The van der Waals surface area contributed by atoms with Crippen molar-refractivity contribution in [1.29, 1.82) is 0 Å². The number of rotatable bonds is 4. The maximum Gasteiger partial charge on any atom is 0.265 e. The Kier molecular flexibility index (Phi) is 4.69. The molecule has 0 aliphatic heterocycles. The summed E-state index contributed by atoms with van der Waals surface area (Å²) in [7, 11) is 1.72. The van der Waals surface area contributed by atoms with E-state index < -0.39 is 5.60 Å². The van der Waals surface area contributed by atoms with Crippen molar-refractivity contribution in [2.45, 2.75) is 38.2 Å². The number of carbonyl (C=O) groups is 1. The van der Waals surface area contributed by atoms with Crippen molar-refractivity contribution >= 4 is 17.2 Å². The molecule has 1 aromatic heterocycles. The zero-order chi connectivity index (χ0) is 17.3. The second-order valence-electron chi connectivity index (χ2n) is 6.53. The molecule has 1 amide bonds.